The van der Waals surface area contributed by atoms with Crippen LogP contribution in [0.15, 0.2) is 24.7 Å². The van der Waals surface area contributed by atoms with Gasteiger partial charge < -0.3 is 15.6 Å². The van der Waals surface area contributed by atoms with Crippen molar-refractivity contribution in [1.29, 1.82) is 5.26 Å². The molecule has 3 N–H and O–H groups in total. The normalized spacial score (nSPS) is 18.8. The van der Waals surface area contributed by atoms with Gasteiger partial charge in [0.1, 0.15) is 24.1 Å². The lowest BCUT2D eigenvalue weighted by atomic mass is 9.84. The zero-order valence-corrected chi connectivity index (χ0v) is 16.8. The summed E-state index contributed by atoms with van der Waals surface area (Å²) in [5.41, 5.74) is 1.55. The lowest BCUT2D eigenvalue weighted by Gasteiger charge is -2.31. The number of hydrogen-bond donors (Lipinski definition) is 3. The van der Waals surface area contributed by atoms with Crippen LogP contribution in [0.4, 0.5) is 19.0 Å². The van der Waals surface area contributed by atoms with Crippen LogP contribution < -0.4 is 10.6 Å². The summed E-state index contributed by atoms with van der Waals surface area (Å²) < 4.78 is 37.5. The summed E-state index contributed by atoms with van der Waals surface area (Å²) in [7, 11) is 0. The zero-order valence-electron chi connectivity index (χ0n) is 16.8. The standard InChI is InChI=1S/C20H19F3N8O/c21-20(22,23)10-27-19(32)12-3-1-2-4-15(12)29-16-9-28-31-18(30-16)14-8-26-17-13(14)5-11(6-24)7-25-17/h5,7-9,12,15H,1-4,10H2,(H,25,26)(H,27,32)(H,29,30,31)/t12-,15+/m0/s1. The molecule has 4 rings (SSSR count). The first kappa shape index (κ1) is 21.5. The lowest BCUT2D eigenvalue weighted by molar-refractivity contribution is -0.141. The molecule has 3 heterocycles. The minimum atomic E-state index is -4.46. The summed E-state index contributed by atoms with van der Waals surface area (Å²) >= 11 is 0. The number of nitriles is 1. The van der Waals surface area contributed by atoms with E-state index in [1.54, 1.807) is 12.3 Å². The number of fused-ring (bicyclic) bond motifs is 1. The number of rotatable bonds is 5. The molecule has 0 aromatic carbocycles. The molecular weight excluding hydrogens is 425 g/mol. The first-order valence-electron chi connectivity index (χ1n) is 10.0. The van der Waals surface area contributed by atoms with Crippen LogP contribution in [0.5, 0.6) is 0 Å². The Balaban J connectivity index is 1.54. The second-order valence-corrected chi connectivity index (χ2v) is 7.57. The van der Waals surface area contributed by atoms with Gasteiger partial charge in [-0.2, -0.15) is 23.5 Å². The molecule has 12 heteroatoms. The van der Waals surface area contributed by atoms with Gasteiger partial charge >= 0.3 is 6.18 Å². The smallest absolute Gasteiger partial charge is 0.365 e. The molecule has 1 fully saturated rings. The van der Waals surface area contributed by atoms with E-state index in [0.29, 0.717) is 40.8 Å². The maximum absolute atomic E-state index is 12.5. The number of carbonyl (C=O) groups excluding carboxylic acids is 1. The maximum atomic E-state index is 12.5. The van der Waals surface area contributed by atoms with Crippen molar-refractivity contribution in [2.45, 2.75) is 37.9 Å². The third-order valence-corrected chi connectivity index (χ3v) is 5.36. The van der Waals surface area contributed by atoms with Crippen molar-refractivity contribution in [3.05, 3.63) is 30.2 Å². The molecule has 32 heavy (non-hydrogen) atoms. The molecule has 0 saturated heterocycles. The highest BCUT2D eigenvalue weighted by Crippen LogP contribution is 2.29. The summed E-state index contributed by atoms with van der Waals surface area (Å²) in [6, 6.07) is 3.32. The molecule has 3 aromatic rings. The number of carbonyl (C=O) groups is 1. The Labute approximate surface area is 180 Å². The monoisotopic (exact) mass is 444 g/mol. The summed E-state index contributed by atoms with van der Waals surface area (Å²) in [4.78, 5) is 24.0. The van der Waals surface area contributed by atoms with Gasteiger partial charge in [0.05, 0.1) is 17.7 Å². The molecule has 0 spiro atoms. The van der Waals surface area contributed by atoms with Crippen molar-refractivity contribution in [3.63, 3.8) is 0 Å². The molecule has 9 nitrogen and oxygen atoms in total. The molecule has 3 aromatic heterocycles. The van der Waals surface area contributed by atoms with Crippen molar-refractivity contribution in [2.75, 3.05) is 11.9 Å². The second kappa shape index (κ2) is 8.78. The Morgan fingerprint density at radius 1 is 1.28 bits per heavy atom. The topological polar surface area (TPSA) is 132 Å². The Morgan fingerprint density at radius 3 is 2.88 bits per heavy atom. The lowest BCUT2D eigenvalue weighted by Crippen LogP contribution is -2.45. The molecule has 0 bridgehead atoms. The number of amides is 1. The minimum absolute atomic E-state index is 0.284. The van der Waals surface area contributed by atoms with Gasteiger partial charge in [0.25, 0.3) is 0 Å². The second-order valence-electron chi connectivity index (χ2n) is 7.57. The fourth-order valence-electron chi connectivity index (χ4n) is 3.86. The molecular formula is C20H19F3N8O. The number of nitrogens with one attached hydrogen (secondary N) is 3. The van der Waals surface area contributed by atoms with Crippen LogP contribution >= 0.6 is 0 Å². The van der Waals surface area contributed by atoms with Crippen LogP contribution in [-0.4, -0.2) is 49.8 Å². The SMILES string of the molecule is N#Cc1cnc2[nH]cc(-c3nncc(N[C@@H]4CCCC[C@@H]4C(=O)NCC(F)(F)F)n3)c2c1. The highest BCUT2D eigenvalue weighted by Gasteiger charge is 2.34. The summed E-state index contributed by atoms with van der Waals surface area (Å²) in [5, 5.41) is 22.9. The van der Waals surface area contributed by atoms with E-state index in [9.17, 15) is 18.0 Å². The number of aromatic amines is 1. The number of aromatic nitrogens is 5. The van der Waals surface area contributed by atoms with Crippen LogP contribution in [-0.2, 0) is 4.79 Å². The zero-order chi connectivity index (χ0) is 22.7. The van der Waals surface area contributed by atoms with Gasteiger partial charge in [-0.05, 0) is 18.9 Å². The molecule has 2 atom stereocenters. The predicted molar refractivity (Wildman–Crippen MR) is 108 cm³/mol. The van der Waals surface area contributed by atoms with E-state index in [1.165, 1.54) is 12.4 Å². The predicted octanol–water partition coefficient (Wildman–Crippen LogP) is 2.94. The van der Waals surface area contributed by atoms with Gasteiger partial charge in [0.15, 0.2) is 5.82 Å². The van der Waals surface area contributed by atoms with Crippen molar-refractivity contribution in [1.82, 2.24) is 30.5 Å². The molecule has 0 radical (unpaired) electrons. The van der Waals surface area contributed by atoms with Crippen LogP contribution in [0.2, 0.25) is 0 Å². The van der Waals surface area contributed by atoms with Gasteiger partial charge in [-0.1, -0.05) is 12.8 Å². The average molecular weight is 444 g/mol. The van der Waals surface area contributed by atoms with E-state index in [1.807, 2.05) is 11.4 Å². The Morgan fingerprint density at radius 2 is 2.09 bits per heavy atom. The summed E-state index contributed by atoms with van der Waals surface area (Å²) in [6.45, 7) is -1.35. The van der Waals surface area contributed by atoms with Crippen LogP contribution in [0.1, 0.15) is 31.2 Å². The largest absolute Gasteiger partial charge is 0.405 e. The molecule has 1 amide bonds. The van der Waals surface area contributed by atoms with Gasteiger partial charge in [-0.3, -0.25) is 4.79 Å². The van der Waals surface area contributed by atoms with Gasteiger partial charge in [-0.15, -0.1) is 5.10 Å². The van der Waals surface area contributed by atoms with E-state index in [-0.39, 0.29) is 11.9 Å². The van der Waals surface area contributed by atoms with Crippen molar-refractivity contribution in [2.24, 2.45) is 5.92 Å². The van der Waals surface area contributed by atoms with Crippen molar-refractivity contribution in [3.8, 4) is 17.5 Å². The summed E-state index contributed by atoms with van der Waals surface area (Å²) in [5.74, 6) is -0.602. The average Bonchev–Trinajstić information content (AvgIpc) is 3.21. The van der Waals surface area contributed by atoms with Gasteiger partial charge in [-0.25, -0.2) is 9.97 Å². The highest BCUT2D eigenvalue weighted by molar-refractivity contribution is 5.92. The van der Waals surface area contributed by atoms with Gasteiger partial charge in [0, 0.05) is 29.4 Å². The number of nitrogens with zero attached hydrogens (tertiary/aromatic N) is 5. The number of H-pyrrole nitrogens is 1. The third-order valence-electron chi connectivity index (χ3n) is 5.36. The highest BCUT2D eigenvalue weighted by atomic mass is 19.4. The van der Waals surface area contributed by atoms with Crippen LogP contribution in [0.25, 0.3) is 22.4 Å². The Bertz CT molecular complexity index is 1170. The summed E-state index contributed by atoms with van der Waals surface area (Å²) in [6.07, 6.45) is 2.76. The van der Waals surface area contributed by atoms with Crippen LogP contribution in [0, 0.1) is 17.2 Å². The fraction of sp³-hybridized carbons (Fsp3) is 0.400. The van der Waals surface area contributed by atoms with Crippen molar-refractivity contribution >= 4 is 22.8 Å². The number of hydrogen-bond acceptors (Lipinski definition) is 7. The molecule has 0 unspecified atom stereocenters. The van der Waals surface area contributed by atoms with E-state index >= 15 is 0 Å². The number of pyridine rings is 1. The third kappa shape index (κ3) is 4.77. The van der Waals surface area contributed by atoms with E-state index in [0.717, 1.165) is 12.8 Å². The van der Waals surface area contributed by atoms with Crippen molar-refractivity contribution < 1.29 is 18.0 Å². The molecule has 1 aliphatic rings. The molecule has 1 aliphatic carbocycles. The first-order valence-corrected chi connectivity index (χ1v) is 10.0. The van der Waals surface area contributed by atoms with Crippen LogP contribution in [0.3, 0.4) is 0 Å². The maximum Gasteiger partial charge on any atom is 0.405 e. The quantitative estimate of drug-likeness (QED) is 0.551. The number of anilines is 1. The molecule has 1 saturated carbocycles. The number of alkyl halides is 3. The molecule has 0 aliphatic heterocycles. The number of halogens is 3. The fourth-order valence-corrected chi connectivity index (χ4v) is 3.86. The van der Waals surface area contributed by atoms with E-state index in [4.69, 9.17) is 5.26 Å². The minimum Gasteiger partial charge on any atom is -0.365 e. The first-order chi connectivity index (χ1) is 15.3. The van der Waals surface area contributed by atoms with E-state index < -0.39 is 24.5 Å². The van der Waals surface area contributed by atoms with Gasteiger partial charge in [0.2, 0.25) is 5.91 Å². The Hall–Kier alpha value is -3.75. The van der Waals surface area contributed by atoms with E-state index in [2.05, 4.69) is 30.5 Å². The molecule has 166 valence electrons. The Kier molecular flexibility index (Phi) is 5.89.